The predicted octanol–water partition coefficient (Wildman–Crippen LogP) is 1.19. The van der Waals surface area contributed by atoms with Crippen LogP contribution >= 0.6 is 20.5 Å². The van der Waals surface area contributed by atoms with E-state index in [9.17, 15) is 9.59 Å². The third kappa shape index (κ3) is 3.02. The predicted molar refractivity (Wildman–Crippen MR) is 65.7 cm³/mol. The number of hydrogen-bond acceptors (Lipinski definition) is 6. The van der Waals surface area contributed by atoms with Crippen LogP contribution < -0.4 is 4.72 Å². The van der Waals surface area contributed by atoms with Gasteiger partial charge in [0, 0.05) is 0 Å². The highest BCUT2D eigenvalue weighted by Gasteiger charge is 2.30. The lowest BCUT2D eigenvalue weighted by molar-refractivity contribution is -0.141. The average molecular weight is 263 g/mol. The first-order valence-corrected chi connectivity index (χ1v) is 7.40. The summed E-state index contributed by atoms with van der Waals surface area (Å²) in [5, 5.41) is 0. The smallest absolute Gasteiger partial charge is 0.356 e. The molecule has 7 heteroatoms. The highest BCUT2D eigenvalue weighted by atomic mass is 33.1. The van der Waals surface area contributed by atoms with Gasteiger partial charge in [-0.1, -0.05) is 0 Å². The van der Waals surface area contributed by atoms with Crippen LogP contribution in [0.3, 0.4) is 0 Å². The lowest BCUT2D eigenvalue weighted by Crippen LogP contribution is -2.18. The zero-order valence-electron chi connectivity index (χ0n) is 9.07. The molecule has 1 heterocycles. The molecule has 0 saturated heterocycles. The van der Waals surface area contributed by atoms with E-state index in [1.54, 1.807) is 13.8 Å². The van der Waals surface area contributed by atoms with E-state index < -0.39 is 21.6 Å². The molecule has 1 rings (SSSR count). The van der Waals surface area contributed by atoms with Gasteiger partial charge in [0.05, 0.1) is 13.2 Å². The molecule has 0 aromatic carbocycles. The van der Waals surface area contributed by atoms with Gasteiger partial charge in [-0.15, -0.1) is 0 Å². The summed E-state index contributed by atoms with van der Waals surface area (Å²) in [6.07, 6.45) is 0. The fourth-order valence-corrected chi connectivity index (χ4v) is 3.49. The van der Waals surface area contributed by atoms with E-state index in [-0.39, 0.29) is 23.8 Å². The molecule has 90 valence electrons. The van der Waals surface area contributed by atoms with Crippen LogP contribution in [0.1, 0.15) is 13.8 Å². The van der Waals surface area contributed by atoms with Crippen molar-refractivity contribution in [3.8, 4) is 0 Å². The second-order valence-electron chi connectivity index (χ2n) is 2.68. The molecule has 0 aromatic rings. The molecule has 1 aliphatic heterocycles. The number of esters is 2. The number of hydrogen-bond donors (Lipinski definition) is 1. The molecule has 1 aliphatic rings. The monoisotopic (exact) mass is 263 g/mol. The van der Waals surface area contributed by atoms with E-state index >= 15 is 0 Å². The number of ether oxygens (including phenoxy) is 2. The third-order valence-electron chi connectivity index (χ3n) is 1.57. The summed E-state index contributed by atoms with van der Waals surface area (Å²) < 4.78 is 12.5. The Morgan fingerprint density at radius 3 is 2.44 bits per heavy atom. The van der Waals surface area contributed by atoms with Crippen molar-refractivity contribution in [1.82, 2.24) is 4.72 Å². The SMILES string of the molecule is C=S1NC(C(=O)OCC)=C(C(=O)OCC)S1. The minimum atomic E-state index is -0.545. The summed E-state index contributed by atoms with van der Waals surface area (Å²) in [6, 6.07) is 0. The Balaban J connectivity index is 2.89. The Morgan fingerprint density at radius 2 is 1.88 bits per heavy atom. The van der Waals surface area contributed by atoms with Gasteiger partial charge in [0.1, 0.15) is 4.91 Å². The van der Waals surface area contributed by atoms with Crippen LogP contribution in [0, 0.1) is 0 Å². The summed E-state index contributed by atoms with van der Waals surface area (Å²) in [6.45, 7) is 3.94. The number of carbonyl (C=O) groups is 2. The Labute approximate surface area is 100 Å². The maximum absolute atomic E-state index is 11.5. The Kier molecular flexibility index (Phi) is 4.88. The number of carbonyl (C=O) groups excluding carboxylic acids is 2. The standard InChI is InChI=1S/C9H13NO4S2/c1-4-13-8(11)6-7(9(12)14-5-2)15-16(3)10-6/h10H,3-5H2,1-2H3. The van der Waals surface area contributed by atoms with Crippen molar-refractivity contribution in [2.45, 2.75) is 13.8 Å². The maximum Gasteiger partial charge on any atom is 0.356 e. The molecule has 0 amide bonds. The number of rotatable bonds is 4. The molecule has 0 saturated carbocycles. The van der Waals surface area contributed by atoms with Gasteiger partial charge in [0.2, 0.25) is 0 Å². The van der Waals surface area contributed by atoms with Crippen molar-refractivity contribution < 1.29 is 19.1 Å². The van der Waals surface area contributed by atoms with Gasteiger partial charge in [-0.3, -0.25) is 0 Å². The molecule has 1 atom stereocenters. The second kappa shape index (κ2) is 5.95. The highest BCUT2D eigenvalue weighted by molar-refractivity contribution is 8.84. The quantitative estimate of drug-likeness (QED) is 0.467. The maximum atomic E-state index is 11.5. The molecule has 1 N–H and O–H groups in total. The van der Waals surface area contributed by atoms with E-state index in [1.165, 1.54) is 10.8 Å². The fourth-order valence-electron chi connectivity index (χ4n) is 0.994. The molecule has 5 nitrogen and oxygen atoms in total. The lowest BCUT2D eigenvalue weighted by atomic mass is 10.4. The van der Waals surface area contributed by atoms with Crippen LogP contribution in [-0.4, -0.2) is 31.0 Å². The largest absolute Gasteiger partial charge is 0.462 e. The zero-order valence-corrected chi connectivity index (χ0v) is 10.7. The van der Waals surface area contributed by atoms with Crippen molar-refractivity contribution in [2.75, 3.05) is 13.2 Å². The van der Waals surface area contributed by atoms with Crippen molar-refractivity contribution in [3.63, 3.8) is 0 Å². The van der Waals surface area contributed by atoms with Crippen molar-refractivity contribution in [2.24, 2.45) is 0 Å². The van der Waals surface area contributed by atoms with Crippen LogP contribution in [0.2, 0.25) is 0 Å². The normalized spacial score (nSPS) is 19.2. The molecule has 0 aliphatic carbocycles. The molecule has 0 spiro atoms. The molecular formula is C9H13NO4S2. The van der Waals surface area contributed by atoms with Crippen LogP contribution in [0.25, 0.3) is 0 Å². The molecule has 0 aromatic heterocycles. The van der Waals surface area contributed by atoms with Crippen LogP contribution in [0.5, 0.6) is 0 Å². The second-order valence-corrected chi connectivity index (χ2v) is 5.85. The van der Waals surface area contributed by atoms with E-state index in [0.717, 1.165) is 0 Å². The van der Waals surface area contributed by atoms with Gasteiger partial charge >= 0.3 is 11.9 Å². The first-order valence-electron chi connectivity index (χ1n) is 4.67. The minimum Gasteiger partial charge on any atom is -0.462 e. The van der Waals surface area contributed by atoms with E-state index in [2.05, 4.69) is 10.6 Å². The molecule has 0 radical (unpaired) electrons. The number of nitrogens with one attached hydrogen (secondary N) is 1. The lowest BCUT2D eigenvalue weighted by Gasteiger charge is -2.04. The summed E-state index contributed by atoms with van der Waals surface area (Å²) in [5.74, 6) is 2.69. The molecule has 0 bridgehead atoms. The van der Waals surface area contributed by atoms with Crippen molar-refractivity contribution in [1.29, 1.82) is 0 Å². The van der Waals surface area contributed by atoms with Crippen molar-refractivity contribution >= 4 is 38.3 Å². The Bertz CT molecular complexity index is 333. The van der Waals surface area contributed by atoms with Gasteiger partial charge < -0.3 is 14.2 Å². The molecule has 0 fully saturated rings. The first kappa shape index (κ1) is 13.1. The van der Waals surface area contributed by atoms with Gasteiger partial charge in [-0.25, -0.2) is 9.59 Å². The molecule has 1 unspecified atom stereocenters. The van der Waals surface area contributed by atoms with Crippen LogP contribution in [0.15, 0.2) is 10.6 Å². The first-order chi connectivity index (χ1) is 7.60. The summed E-state index contributed by atoms with van der Waals surface area (Å²) in [7, 11) is 0.645. The molecule has 16 heavy (non-hydrogen) atoms. The minimum absolute atomic E-state index is 0.156. The van der Waals surface area contributed by atoms with E-state index in [4.69, 9.17) is 9.47 Å². The summed E-state index contributed by atoms with van der Waals surface area (Å²) >= 11 is 0. The van der Waals surface area contributed by atoms with E-state index in [0.29, 0.717) is 0 Å². The van der Waals surface area contributed by atoms with Gasteiger partial charge in [-0.05, 0) is 40.2 Å². The van der Waals surface area contributed by atoms with Gasteiger partial charge in [0.25, 0.3) is 0 Å². The molecular weight excluding hydrogens is 250 g/mol. The van der Waals surface area contributed by atoms with E-state index in [1.807, 2.05) is 0 Å². The summed E-state index contributed by atoms with van der Waals surface area (Å²) in [5.41, 5.74) is 0.156. The fraction of sp³-hybridized carbons (Fsp3) is 0.444. The summed E-state index contributed by atoms with van der Waals surface area (Å²) in [4.78, 5) is 23.3. The van der Waals surface area contributed by atoms with Crippen LogP contribution in [-0.2, 0) is 19.1 Å². The topological polar surface area (TPSA) is 64.6 Å². The third-order valence-corrected chi connectivity index (χ3v) is 4.09. The van der Waals surface area contributed by atoms with Gasteiger partial charge in [0.15, 0.2) is 5.70 Å². The Morgan fingerprint density at radius 1 is 1.31 bits per heavy atom. The average Bonchev–Trinajstić information content (AvgIpc) is 2.61. The van der Waals surface area contributed by atoms with Crippen molar-refractivity contribution in [3.05, 3.63) is 10.6 Å². The Hall–Kier alpha value is -0.950. The van der Waals surface area contributed by atoms with Crippen LogP contribution in [0.4, 0.5) is 0 Å². The zero-order chi connectivity index (χ0) is 12.1. The van der Waals surface area contributed by atoms with Gasteiger partial charge in [-0.2, -0.15) is 0 Å². The highest BCUT2D eigenvalue weighted by Crippen LogP contribution is 2.42.